The molecule has 7 aromatic rings. The van der Waals surface area contributed by atoms with Gasteiger partial charge in [-0.2, -0.15) is 23.4 Å². The minimum atomic E-state index is -4.72. The second-order valence-electron chi connectivity index (χ2n) is 10.3. The molecule has 7 rings (SSSR count). The fourth-order valence-corrected chi connectivity index (χ4v) is 5.19. The Bertz CT molecular complexity index is 2310. The van der Waals surface area contributed by atoms with Gasteiger partial charge in [0.15, 0.2) is 18.2 Å². The molecule has 10 nitrogen and oxygen atoms in total. The summed E-state index contributed by atoms with van der Waals surface area (Å²) in [5.41, 5.74) is 0.551. The summed E-state index contributed by atoms with van der Waals surface area (Å²) in [5.74, 6) is -2.86. The van der Waals surface area contributed by atoms with E-state index in [4.69, 9.17) is 9.47 Å². The van der Waals surface area contributed by atoms with E-state index in [0.29, 0.717) is 21.4 Å². The highest BCUT2D eigenvalue weighted by Gasteiger charge is 2.30. The van der Waals surface area contributed by atoms with Gasteiger partial charge >= 0.3 is 6.18 Å². The van der Waals surface area contributed by atoms with E-state index < -0.39 is 47.3 Å². The standard InChI is InChI=1S/C32H19F5N6O4/c33-19-1-4-21(5-2-19)43-27(46-16-32(35,36)37)8-6-23(31(43)45)30(44)41-20-3-7-25(24(34)12-20)47-26-11-17-15-40-42-10-9-22(29(17)42)28(26)18-13-38-39-14-18/h1-15H,16H2,(H,38,39)(H,41,44). The molecule has 3 aromatic carbocycles. The maximum Gasteiger partial charge on any atom is 0.422 e. The molecule has 2 N–H and O–H groups in total. The average Bonchev–Trinajstić information content (AvgIpc) is 3.80. The second kappa shape index (κ2) is 11.3. The normalized spacial score (nSPS) is 11.8. The summed E-state index contributed by atoms with van der Waals surface area (Å²) >= 11 is 0. The highest BCUT2D eigenvalue weighted by Crippen LogP contribution is 2.42. The van der Waals surface area contributed by atoms with Crippen LogP contribution in [0.15, 0.2) is 96.3 Å². The molecule has 1 amide bonds. The predicted octanol–water partition coefficient (Wildman–Crippen LogP) is 6.73. The van der Waals surface area contributed by atoms with Gasteiger partial charge in [-0.15, -0.1) is 0 Å². The molecule has 0 fully saturated rings. The van der Waals surface area contributed by atoms with Crippen molar-refractivity contribution in [3.63, 3.8) is 0 Å². The number of rotatable bonds is 8. The van der Waals surface area contributed by atoms with Crippen molar-refractivity contribution >= 4 is 27.9 Å². The zero-order chi connectivity index (χ0) is 32.9. The van der Waals surface area contributed by atoms with E-state index in [1.165, 1.54) is 12.1 Å². The first-order valence-corrected chi connectivity index (χ1v) is 13.8. The van der Waals surface area contributed by atoms with Gasteiger partial charge < -0.3 is 14.8 Å². The van der Waals surface area contributed by atoms with Crippen LogP contribution in [0.1, 0.15) is 10.4 Å². The van der Waals surface area contributed by atoms with Gasteiger partial charge in [0.25, 0.3) is 11.5 Å². The molecule has 0 radical (unpaired) electrons. The Morgan fingerprint density at radius 1 is 0.957 bits per heavy atom. The number of halogens is 5. The smallest absolute Gasteiger partial charge is 0.422 e. The quantitative estimate of drug-likeness (QED) is 0.177. The van der Waals surface area contributed by atoms with Crippen molar-refractivity contribution in [3.8, 4) is 34.2 Å². The molecule has 0 saturated carbocycles. The zero-order valence-electron chi connectivity index (χ0n) is 23.7. The monoisotopic (exact) mass is 646 g/mol. The van der Waals surface area contributed by atoms with Gasteiger partial charge in [-0.3, -0.25) is 14.7 Å². The minimum Gasteiger partial charge on any atom is -0.469 e. The van der Waals surface area contributed by atoms with Gasteiger partial charge in [-0.25, -0.2) is 17.9 Å². The number of alkyl halides is 3. The van der Waals surface area contributed by atoms with Gasteiger partial charge in [-0.05, 0) is 60.7 Å². The SMILES string of the molecule is O=C(Nc1ccc(Oc2cc3cnn4ccc(c2-c2cn[nH]c2)c34)c(F)c1)c1ccc(OCC(F)(F)F)n(-c2ccc(F)cc2)c1=O. The van der Waals surface area contributed by atoms with Crippen LogP contribution in [0, 0.1) is 11.6 Å². The summed E-state index contributed by atoms with van der Waals surface area (Å²) in [6.45, 7) is -1.72. The third-order valence-electron chi connectivity index (χ3n) is 7.22. The van der Waals surface area contributed by atoms with E-state index in [1.54, 1.807) is 35.4 Å². The van der Waals surface area contributed by atoms with Crippen LogP contribution >= 0.6 is 0 Å². The number of hydrogen-bond donors (Lipinski definition) is 2. The van der Waals surface area contributed by atoms with Crippen LogP contribution in [0.3, 0.4) is 0 Å². The van der Waals surface area contributed by atoms with Crippen molar-refractivity contribution in [2.45, 2.75) is 6.18 Å². The topological polar surface area (TPSA) is 116 Å². The number of amides is 1. The number of aromatic nitrogens is 5. The van der Waals surface area contributed by atoms with Gasteiger partial charge in [0, 0.05) is 46.0 Å². The number of aromatic amines is 1. The maximum atomic E-state index is 15.4. The van der Waals surface area contributed by atoms with Crippen molar-refractivity contribution in [3.05, 3.63) is 119 Å². The summed E-state index contributed by atoms with van der Waals surface area (Å²) in [5, 5.41) is 15.1. The number of benzene rings is 3. The number of carbonyl (C=O) groups is 1. The predicted molar refractivity (Wildman–Crippen MR) is 159 cm³/mol. The van der Waals surface area contributed by atoms with Crippen LogP contribution in [0.2, 0.25) is 0 Å². The largest absolute Gasteiger partial charge is 0.469 e. The molecule has 0 saturated heterocycles. The van der Waals surface area contributed by atoms with Crippen LogP contribution in [0.25, 0.3) is 33.1 Å². The molecule has 4 aromatic heterocycles. The Hall–Kier alpha value is -6.25. The van der Waals surface area contributed by atoms with Gasteiger partial charge in [0.1, 0.15) is 17.1 Å². The number of carbonyl (C=O) groups excluding carboxylic acids is 1. The molecule has 47 heavy (non-hydrogen) atoms. The van der Waals surface area contributed by atoms with E-state index >= 15 is 4.39 Å². The Morgan fingerprint density at radius 3 is 2.49 bits per heavy atom. The summed E-state index contributed by atoms with van der Waals surface area (Å²) in [4.78, 5) is 26.5. The molecule has 0 aliphatic carbocycles. The molecular weight excluding hydrogens is 627 g/mol. The molecule has 15 heteroatoms. The van der Waals surface area contributed by atoms with Crippen LogP contribution in [-0.4, -0.2) is 43.1 Å². The van der Waals surface area contributed by atoms with Crippen molar-refractivity contribution in [2.24, 2.45) is 0 Å². The summed E-state index contributed by atoms with van der Waals surface area (Å²) < 4.78 is 80.8. The van der Waals surface area contributed by atoms with Crippen LogP contribution in [-0.2, 0) is 0 Å². The van der Waals surface area contributed by atoms with Crippen molar-refractivity contribution in [2.75, 3.05) is 11.9 Å². The van der Waals surface area contributed by atoms with Crippen LogP contribution in [0.4, 0.5) is 27.6 Å². The number of anilines is 1. The average molecular weight is 647 g/mol. The number of pyridine rings is 1. The lowest BCUT2D eigenvalue weighted by Crippen LogP contribution is -2.30. The van der Waals surface area contributed by atoms with E-state index in [0.717, 1.165) is 58.8 Å². The number of hydrogen-bond acceptors (Lipinski definition) is 6. The summed E-state index contributed by atoms with van der Waals surface area (Å²) in [6, 6.07) is 13.4. The number of nitrogens with one attached hydrogen (secondary N) is 2. The summed E-state index contributed by atoms with van der Waals surface area (Å²) in [6.07, 6.45) is 2.00. The molecule has 0 spiro atoms. The van der Waals surface area contributed by atoms with E-state index in [-0.39, 0.29) is 17.1 Å². The fourth-order valence-electron chi connectivity index (χ4n) is 5.19. The summed E-state index contributed by atoms with van der Waals surface area (Å²) in [7, 11) is 0. The lowest BCUT2D eigenvalue weighted by atomic mass is 10.0. The van der Waals surface area contributed by atoms with Crippen molar-refractivity contribution in [1.82, 2.24) is 24.4 Å². The molecule has 0 atom stereocenters. The van der Waals surface area contributed by atoms with Crippen molar-refractivity contribution < 1.29 is 36.2 Å². The number of ether oxygens (including phenoxy) is 2. The lowest BCUT2D eigenvalue weighted by molar-refractivity contribution is -0.154. The van der Waals surface area contributed by atoms with Gasteiger partial charge in [-0.1, -0.05) is 0 Å². The van der Waals surface area contributed by atoms with E-state index in [1.807, 2.05) is 6.07 Å². The molecule has 0 unspecified atom stereocenters. The minimum absolute atomic E-state index is 0.0432. The molecule has 0 bridgehead atoms. The highest BCUT2D eigenvalue weighted by molar-refractivity contribution is 6.07. The third-order valence-corrected chi connectivity index (χ3v) is 7.22. The maximum absolute atomic E-state index is 15.4. The van der Waals surface area contributed by atoms with Crippen molar-refractivity contribution in [1.29, 1.82) is 0 Å². The van der Waals surface area contributed by atoms with E-state index in [2.05, 4.69) is 20.6 Å². The Labute approximate surface area is 259 Å². The van der Waals surface area contributed by atoms with Gasteiger partial charge in [0.2, 0.25) is 5.88 Å². The Morgan fingerprint density at radius 2 is 1.77 bits per heavy atom. The van der Waals surface area contributed by atoms with Gasteiger partial charge in [0.05, 0.1) is 23.6 Å². The van der Waals surface area contributed by atoms with Crippen LogP contribution < -0.4 is 20.3 Å². The molecule has 0 aliphatic heterocycles. The fraction of sp³-hybridized carbons (Fsp3) is 0.0625. The van der Waals surface area contributed by atoms with E-state index in [9.17, 15) is 27.2 Å². The first kappa shape index (κ1) is 29.5. The molecule has 0 aliphatic rings. The Balaban J connectivity index is 1.18. The van der Waals surface area contributed by atoms with Crippen LogP contribution in [0.5, 0.6) is 17.4 Å². The lowest BCUT2D eigenvalue weighted by Gasteiger charge is -2.16. The Kier molecular flexibility index (Phi) is 7.07. The molecule has 236 valence electrons. The number of nitrogens with zero attached hydrogens (tertiary/aromatic N) is 4. The highest BCUT2D eigenvalue weighted by atomic mass is 19.4. The molecule has 4 heterocycles. The third kappa shape index (κ3) is 5.58. The zero-order valence-corrected chi connectivity index (χ0v) is 23.7. The molecular formula is C32H19F5N6O4. The first-order valence-electron chi connectivity index (χ1n) is 13.8. The second-order valence-corrected chi connectivity index (χ2v) is 10.3. The first-order chi connectivity index (χ1) is 22.6. The number of H-pyrrole nitrogens is 1.